The molecule has 0 aliphatic heterocycles. The number of hydrogen-bond donors (Lipinski definition) is 3. The van der Waals surface area contributed by atoms with E-state index in [9.17, 15) is 4.79 Å². The van der Waals surface area contributed by atoms with Crippen molar-refractivity contribution in [3.05, 3.63) is 0 Å². The third kappa shape index (κ3) is 6.28. The monoisotopic (exact) mass is 396 g/mol. The molecule has 20 heavy (non-hydrogen) atoms. The second-order valence-electron chi connectivity index (χ2n) is 5.79. The molecular weight excluding hydrogens is 367 g/mol. The van der Waals surface area contributed by atoms with Crippen molar-refractivity contribution in [3.63, 3.8) is 0 Å². The smallest absolute Gasteiger partial charge is 0.227 e. The third-order valence-electron chi connectivity index (χ3n) is 3.57. The van der Waals surface area contributed by atoms with Crippen molar-refractivity contribution < 1.29 is 4.79 Å². The molecule has 0 heterocycles. The Morgan fingerprint density at radius 2 is 1.85 bits per heavy atom. The topological polar surface area (TPSA) is 65.5 Å². The number of rotatable bonds is 5. The number of amides is 1. The quantitative estimate of drug-likeness (QED) is 0.378. The fourth-order valence-electron chi connectivity index (χ4n) is 2.24. The number of aliphatic imine (C=N–C) groups is 1. The number of halogens is 1. The number of nitrogens with one attached hydrogen (secondary N) is 3. The third-order valence-corrected chi connectivity index (χ3v) is 3.57. The van der Waals surface area contributed by atoms with E-state index in [0.29, 0.717) is 19.1 Å². The van der Waals surface area contributed by atoms with E-state index in [1.54, 1.807) is 7.05 Å². The first kappa shape index (κ1) is 19.5. The van der Waals surface area contributed by atoms with Crippen LogP contribution in [-0.2, 0) is 4.79 Å². The summed E-state index contributed by atoms with van der Waals surface area (Å²) in [5.41, 5.74) is -0.441. The minimum atomic E-state index is -0.441. The first-order valence-corrected chi connectivity index (χ1v) is 7.25. The Labute approximate surface area is 139 Å². The summed E-state index contributed by atoms with van der Waals surface area (Å²) in [5.74, 6) is 0.864. The van der Waals surface area contributed by atoms with Crippen LogP contribution in [0.15, 0.2) is 4.99 Å². The molecule has 6 heteroatoms. The molecule has 0 radical (unpaired) electrons. The van der Waals surface area contributed by atoms with E-state index in [-0.39, 0.29) is 29.9 Å². The molecule has 0 atom stereocenters. The molecule has 0 aromatic heterocycles. The van der Waals surface area contributed by atoms with E-state index >= 15 is 0 Å². The van der Waals surface area contributed by atoms with E-state index in [1.807, 2.05) is 20.8 Å². The molecule has 0 spiro atoms. The molecule has 0 unspecified atom stereocenters. The lowest BCUT2D eigenvalue weighted by Crippen LogP contribution is -2.49. The van der Waals surface area contributed by atoms with Crippen LogP contribution in [0.25, 0.3) is 0 Å². The number of nitrogens with zero attached hydrogens (tertiary/aromatic N) is 1. The molecule has 1 aliphatic carbocycles. The average molecular weight is 396 g/mol. The number of carbonyl (C=O) groups is 1. The first-order chi connectivity index (χ1) is 8.99. The second-order valence-corrected chi connectivity index (χ2v) is 5.79. The van der Waals surface area contributed by atoms with Crippen molar-refractivity contribution in [2.45, 2.75) is 52.5 Å². The zero-order chi connectivity index (χ0) is 14.3. The standard InChI is InChI=1S/C14H28N4O.HI/c1-5-16-12(19)14(2,3)10-17-13(15-4)18-11-8-6-7-9-11;/h11H,5-10H2,1-4H3,(H,16,19)(H2,15,17,18);1H. The Kier molecular flexibility index (Phi) is 9.16. The molecular formula is C14H29IN4O. The van der Waals surface area contributed by atoms with Gasteiger partial charge in [-0.05, 0) is 33.6 Å². The van der Waals surface area contributed by atoms with Crippen LogP contribution in [0.1, 0.15) is 46.5 Å². The van der Waals surface area contributed by atoms with E-state index < -0.39 is 5.41 Å². The predicted molar refractivity (Wildman–Crippen MR) is 94.6 cm³/mol. The Morgan fingerprint density at radius 1 is 1.25 bits per heavy atom. The number of carbonyl (C=O) groups excluding carboxylic acids is 1. The summed E-state index contributed by atoms with van der Waals surface area (Å²) in [6, 6.07) is 0.527. The maximum Gasteiger partial charge on any atom is 0.227 e. The van der Waals surface area contributed by atoms with Gasteiger partial charge in [0, 0.05) is 26.2 Å². The first-order valence-electron chi connectivity index (χ1n) is 7.25. The highest BCUT2D eigenvalue weighted by Crippen LogP contribution is 2.17. The van der Waals surface area contributed by atoms with Crippen LogP contribution in [0.3, 0.4) is 0 Å². The van der Waals surface area contributed by atoms with Crippen molar-refractivity contribution in [2.75, 3.05) is 20.1 Å². The molecule has 1 amide bonds. The van der Waals surface area contributed by atoms with E-state index in [0.717, 1.165) is 5.96 Å². The van der Waals surface area contributed by atoms with Crippen LogP contribution < -0.4 is 16.0 Å². The van der Waals surface area contributed by atoms with Crippen molar-refractivity contribution in [2.24, 2.45) is 10.4 Å². The molecule has 118 valence electrons. The molecule has 0 aromatic carbocycles. The van der Waals surface area contributed by atoms with Crippen molar-refractivity contribution >= 4 is 35.8 Å². The van der Waals surface area contributed by atoms with Gasteiger partial charge in [0.05, 0.1) is 5.41 Å². The maximum atomic E-state index is 11.9. The molecule has 0 aromatic rings. The van der Waals surface area contributed by atoms with Crippen LogP contribution in [0, 0.1) is 5.41 Å². The fourth-order valence-corrected chi connectivity index (χ4v) is 2.24. The lowest BCUT2D eigenvalue weighted by Gasteiger charge is -2.25. The van der Waals surface area contributed by atoms with Gasteiger partial charge in [-0.2, -0.15) is 0 Å². The van der Waals surface area contributed by atoms with Crippen molar-refractivity contribution in [3.8, 4) is 0 Å². The van der Waals surface area contributed by atoms with Gasteiger partial charge in [0.15, 0.2) is 5.96 Å². The largest absolute Gasteiger partial charge is 0.356 e. The molecule has 0 saturated heterocycles. The van der Waals surface area contributed by atoms with E-state index in [1.165, 1.54) is 25.7 Å². The summed E-state index contributed by atoms with van der Waals surface area (Å²) in [6.07, 6.45) is 5.00. The Hall–Kier alpha value is -0.530. The van der Waals surface area contributed by atoms with Gasteiger partial charge in [-0.1, -0.05) is 12.8 Å². The summed E-state index contributed by atoms with van der Waals surface area (Å²) in [7, 11) is 1.77. The Morgan fingerprint density at radius 3 is 2.35 bits per heavy atom. The van der Waals surface area contributed by atoms with Crippen LogP contribution in [0.2, 0.25) is 0 Å². The van der Waals surface area contributed by atoms with Crippen molar-refractivity contribution in [1.29, 1.82) is 0 Å². The summed E-state index contributed by atoms with van der Waals surface area (Å²) < 4.78 is 0. The SMILES string of the molecule is CCNC(=O)C(C)(C)CNC(=NC)NC1CCCC1.I. The minimum absolute atomic E-state index is 0. The van der Waals surface area contributed by atoms with Gasteiger partial charge in [-0.3, -0.25) is 9.79 Å². The van der Waals surface area contributed by atoms with Crippen LogP contribution in [0.5, 0.6) is 0 Å². The second kappa shape index (κ2) is 9.41. The number of guanidine groups is 1. The molecule has 3 N–H and O–H groups in total. The summed E-state index contributed by atoms with van der Waals surface area (Å²) in [5, 5.41) is 9.53. The molecule has 1 saturated carbocycles. The molecule has 5 nitrogen and oxygen atoms in total. The summed E-state index contributed by atoms with van der Waals surface area (Å²) in [6.45, 7) is 7.05. The van der Waals surface area contributed by atoms with Crippen molar-refractivity contribution in [1.82, 2.24) is 16.0 Å². The highest BCUT2D eigenvalue weighted by molar-refractivity contribution is 14.0. The zero-order valence-corrected chi connectivity index (χ0v) is 15.4. The fraction of sp³-hybridized carbons (Fsp3) is 0.857. The molecule has 1 fully saturated rings. The van der Waals surface area contributed by atoms with Gasteiger partial charge in [0.25, 0.3) is 0 Å². The predicted octanol–water partition coefficient (Wildman–Crippen LogP) is 1.87. The Balaban J connectivity index is 0.00000361. The van der Waals surface area contributed by atoms with Crippen LogP contribution in [-0.4, -0.2) is 38.0 Å². The van der Waals surface area contributed by atoms with Gasteiger partial charge in [-0.15, -0.1) is 24.0 Å². The van der Waals surface area contributed by atoms with Gasteiger partial charge in [0.2, 0.25) is 5.91 Å². The molecule has 1 rings (SSSR count). The molecule has 0 bridgehead atoms. The van der Waals surface area contributed by atoms with E-state index in [4.69, 9.17) is 0 Å². The van der Waals surface area contributed by atoms with Gasteiger partial charge >= 0.3 is 0 Å². The highest BCUT2D eigenvalue weighted by Gasteiger charge is 2.27. The lowest BCUT2D eigenvalue weighted by atomic mass is 9.92. The molecule has 1 aliphatic rings. The van der Waals surface area contributed by atoms with Gasteiger partial charge < -0.3 is 16.0 Å². The average Bonchev–Trinajstić information content (AvgIpc) is 2.87. The van der Waals surface area contributed by atoms with Crippen LogP contribution in [0.4, 0.5) is 0 Å². The minimum Gasteiger partial charge on any atom is -0.356 e. The summed E-state index contributed by atoms with van der Waals surface area (Å²) >= 11 is 0. The zero-order valence-electron chi connectivity index (χ0n) is 13.1. The highest BCUT2D eigenvalue weighted by atomic mass is 127. The van der Waals surface area contributed by atoms with Gasteiger partial charge in [0.1, 0.15) is 0 Å². The summed E-state index contributed by atoms with van der Waals surface area (Å²) in [4.78, 5) is 16.1. The lowest BCUT2D eigenvalue weighted by molar-refractivity contribution is -0.128. The maximum absolute atomic E-state index is 11.9. The van der Waals surface area contributed by atoms with Crippen LogP contribution >= 0.6 is 24.0 Å². The Bertz CT molecular complexity index is 325. The van der Waals surface area contributed by atoms with Gasteiger partial charge in [-0.25, -0.2) is 0 Å². The normalized spacial score (nSPS) is 16.5. The van der Waals surface area contributed by atoms with E-state index in [2.05, 4.69) is 20.9 Å². The number of hydrogen-bond acceptors (Lipinski definition) is 2.